The molecule has 0 spiro atoms. The van der Waals surface area contributed by atoms with Gasteiger partial charge in [-0.15, -0.1) is 10.2 Å². The molecule has 1 unspecified atom stereocenters. The van der Waals surface area contributed by atoms with Crippen LogP contribution >= 0.6 is 23.4 Å². The Balaban J connectivity index is 1.57. The number of nitro groups is 1. The maximum absolute atomic E-state index is 12.7. The number of rotatable bonds is 9. The van der Waals surface area contributed by atoms with E-state index in [0.29, 0.717) is 27.3 Å². The summed E-state index contributed by atoms with van der Waals surface area (Å²) in [5.74, 6) is 0.949. The van der Waals surface area contributed by atoms with Crippen LogP contribution in [0.25, 0.3) is 11.8 Å². The summed E-state index contributed by atoms with van der Waals surface area (Å²) in [7, 11) is 0. The molecular weight excluding hydrogens is 522 g/mol. The molecule has 0 aliphatic heterocycles. The van der Waals surface area contributed by atoms with Gasteiger partial charge in [-0.3, -0.25) is 19.5 Å². The number of thioether (sulfide) groups is 1. The molecule has 0 bridgehead atoms. The van der Waals surface area contributed by atoms with E-state index in [0.717, 1.165) is 11.3 Å². The third kappa shape index (κ3) is 6.48. The van der Waals surface area contributed by atoms with Crippen LogP contribution in [-0.2, 0) is 10.5 Å². The standard InChI is InChI=1S/C28H26ClN5O3S/c1-18-6-4-5-7-22(18)17-38-28-32-31-27(33(28)25-16-23(29)12-8-19(25)2)20(3)30-26(35)15-11-21-9-13-24(14-10-21)34(36)37/h4-16,20H,17H2,1-3H3,(H,30,35). The second-order valence-corrected chi connectivity index (χ2v) is 10.1. The number of aromatic nitrogens is 3. The van der Waals surface area contributed by atoms with E-state index < -0.39 is 11.0 Å². The van der Waals surface area contributed by atoms with Crippen LogP contribution in [0.1, 0.15) is 41.0 Å². The quantitative estimate of drug-likeness (QED) is 0.109. The van der Waals surface area contributed by atoms with Crippen molar-refractivity contribution in [3.63, 3.8) is 0 Å². The number of aryl methyl sites for hydroxylation is 2. The largest absolute Gasteiger partial charge is 0.343 e. The number of carbonyl (C=O) groups excluding carboxylic acids is 1. The van der Waals surface area contributed by atoms with Crippen molar-refractivity contribution in [2.24, 2.45) is 0 Å². The van der Waals surface area contributed by atoms with Gasteiger partial charge in [0, 0.05) is 29.0 Å². The summed E-state index contributed by atoms with van der Waals surface area (Å²) in [6.45, 7) is 5.91. The van der Waals surface area contributed by atoms with E-state index in [2.05, 4.69) is 34.6 Å². The van der Waals surface area contributed by atoms with Gasteiger partial charge in [-0.05, 0) is 73.4 Å². The molecule has 0 saturated carbocycles. The molecule has 1 heterocycles. The van der Waals surface area contributed by atoms with Crippen LogP contribution in [0.3, 0.4) is 0 Å². The summed E-state index contributed by atoms with van der Waals surface area (Å²) in [6, 6.07) is 19.3. The van der Waals surface area contributed by atoms with E-state index >= 15 is 0 Å². The van der Waals surface area contributed by atoms with E-state index in [-0.39, 0.29) is 11.6 Å². The molecular formula is C28H26ClN5O3S. The zero-order valence-corrected chi connectivity index (χ0v) is 22.7. The van der Waals surface area contributed by atoms with Crippen molar-refractivity contribution in [3.05, 3.63) is 116 Å². The normalized spacial score (nSPS) is 12.0. The monoisotopic (exact) mass is 547 g/mol. The molecule has 0 aliphatic carbocycles. The zero-order valence-electron chi connectivity index (χ0n) is 21.1. The molecule has 38 heavy (non-hydrogen) atoms. The van der Waals surface area contributed by atoms with Gasteiger partial charge in [0.25, 0.3) is 5.69 Å². The van der Waals surface area contributed by atoms with Crippen molar-refractivity contribution >= 4 is 41.0 Å². The van der Waals surface area contributed by atoms with Crippen molar-refractivity contribution in [2.75, 3.05) is 0 Å². The number of nitrogens with one attached hydrogen (secondary N) is 1. The van der Waals surface area contributed by atoms with Crippen molar-refractivity contribution in [1.29, 1.82) is 0 Å². The van der Waals surface area contributed by atoms with Crippen molar-refractivity contribution in [2.45, 2.75) is 37.7 Å². The molecule has 0 radical (unpaired) electrons. The Morgan fingerprint density at radius 3 is 2.55 bits per heavy atom. The summed E-state index contributed by atoms with van der Waals surface area (Å²) in [6.07, 6.45) is 2.98. The number of hydrogen-bond acceptors (Lipinski definition) is 6. The van der Waals surface area contributed by atoms with Crippen LogP contribution in [-0.4, -0.2) is 25.6 Å². The smallest absolute Gasteiger partial charge is 0.269 e. The van der Waals surface area contributed by atoms with Gasteiger partial charge in [0.1, 0.15) is 0 Å². The Labute approximate surface area is 229 Å². The van der Waals surface area contributed by atoms with E-state index in [4.69, 9.17) is 11.6 Å². The highest BCUT2D eigenvalue weighted by molar-refractivity contribution is 7.98. The lowest BCUT2D eigenvalue weighted by Crippen LogP contribution is -2.27. The summed E-state index contributed by atoms with van der Waals surface area (Å²) < 4.78 is 1.94. The molecule has 8 nitrogen and oxygen atoms in total. The minimum atomic E-state index is -0.470. The predicted octanol–water partition coefficient (Wildman–Crippen LogP) is 6.63. The molecule has 1 aromatic heterocycles. The fraction of sp³-hybridized carbons (Fsp3) is 0.179. The predicted molar refractivity (Wildman–Crippen MR) is 151 cm³/mol. The van der Waals surface area contributed by atoms with E-state index in [1.807, 2.05) is 48.7 Å². The van der Waals surface area contributed by atoms with Gasteiger partial charge >= 0.3 is 0 Å². The highest BCUT2D eigenvalue weighted by Crippen LogP contribution is 2.31. The van der Waals surface area contributed by atoms with Crippen LogP contribution in [0, 0.1) is 24.0 Å². The molecule has 1 N–H and O–H groups in total. The highest BCUT2D eigenvalue weighted by atomic mass is 35.5. The summed E-state index contributed by atoms with van der Waals surface area (Å²) in [5.41, 5.74) is 4.90. The molecule has 0 saturated heterocycles. The van der Waals surface area contributed by atoms with E-state index in [9.17, 15) is 14.9 Å². The summed E-state index contributed by atoms with van der Waals surface area (Å²) in [4.78, 5) is 23.1. The topological polar surface area (TPSA) is 103 Å². The first-order valence-electron chi connectivity index (χ1n) is 11.8. The molecule has 194 valence electrons. The number of nitrogens with zero attached hydrogens (tertiary/aromatic N) is 4. The number of halogens is 1. The van der Waals surface area contributed by atoms with Crippen LogP contribution in [0.4, 0.5) is 5.69 Å². The van der Waals surface area contributed by atoms with Crippen molar-refractivity contribution in [1.82, 2.24) is 20.1 Å². The lowest BCUT2D eigenvalue weighted by atomic mass is 10.1. The molecule has 1 amide bonds. The first-order chi connectivity index (χ1) is 18.2. The van der Waals surface area contributed by atoms with Crippen LogP contribution in [0.2, 0.25) is 5.02 Å². The number of amides is 1. The Hall–Kier alpha value is -3.95. The number of hydrogen-bond donors (Lipinski definition) is 1. The van der Waals surface area contributed by atoms with Crippen LogP contribution in [0.5, 0.6) is 0 Å². The van der Waals surface area contributed by atoms with Crippen molar-refractivity contribution in [3.8, 4) is 5.69 Å². The Bertz CT molecular complexity index is 1500. The third-order valence-corrected chi connectivity index (χ3v) is 7.18. The van der Waals surface area contributed by atoms with Gasteiger partial charge in [-0.2, -0.15) is 0 Å². The van der Waals surface area contributed by atoms with E-state index in [1.54, 1.807) is 30.0 Å². The number of non-ortho nitro benzene ring substituents is 1. The minimum absolute atomic E-state index is 0.00744. The highest BCUT2D eigenvalue weighted by Gasteiger charge is 2.22. The van der Waals surface area contributed by atoms with Gasteiger partial charge < -0.3 is 5.32 Å². The summed E-state index contributed by atoms with van der Waals surface area (Å²) >= 11 is 7.91. The average molecular weight is 548 g/mol. The molecule has 10 heteroatoms. The van der Waals surface area contributed by atoms with Gasteiger partial charge in [-0.1, -0.05) is 53.7 Å². The lowest BCUT2D eigenvalue weighted by Gasteiger charge is -2.17. The first kappa shape index (κ1) is 27.1. The second-order valence-electron chi connectivity index (χ2n) is 8.73. The molecule has 3 aromatic carbocycles. The molecule has 4 rings (SSSR count). The lowest BCUT2D eigenvalue weighted by molar-refractivity contribution is -0.384. The van der Waals surface area contributed by atoms with Gasteiger partial charge in [-0.25, -0.2) is 0 Å². The Morgan fingerprint density at radius 2 is 1.84 bits per heavy atom. The number of nitro benzene ring substituents is 1. The fourth-order valence-electron chi connectivity index (χ4n) is 3.82. The van der Waals surface area contributed by atoms with E-state index in [1.165, 1.54) is 29.3 Å². The van der Waals surface area contributed by atoms with Crippen LogP contribution in [0.15, 0.2) is 78.0 Å². The Kier molecular flexibility index (Phi) is 8.60. The van der Waals surface area contributed by atoms with Gasteiger partial charge in [0.2, 0.25) is 5.91 Å². The fourth-order valence-corrected chi connectivity index (χ4v) is 5.02. The third-order valence-electron chi connectivity index (χ3n) is 5.97. The second kappa shape index (κ2) is 12.1. The van der Waals surface area contributed by atoms with Gasteiger partial charge in [0.05, 0.1) is 16.7 Å². The zero-order chi connectivity index (χ0) is 27.2. The van der Waals surface area contributed by atoms with Gasteiger partial charge in [0.15, 0.2) is 11.0 Å². The van der Waals surface area contributed by atoms with Crippen LogP contribution < -0.4 is 5.32 Å². The van der Waals surface area contributed by atoms with Crippen molar-refractivity contribution < 1.29 is 9.72 Å². The molecule has 0 aliphatic rings. The molecule has 0 fully saturated rings. The number of carbonyl (C=O) groups is 1. The maximum Gasteiger partial charge on any atom is 0.269 e. The average Bonchev–Trinajstić information content (AvgIpc) is 3.32. The SMILES string of the molecule is Cc1ccccc1CSc1nnc(C(C)NC(=O)C=Cc2ccc([N+](=O)[O-])cc2)n1-c1cc(Cl)ccc1C. The summed E-state index contributed by atoms with van der Waals surface area (Å²) in [5, 5.41) is 24.0. The molecule has 1 atom stereocenters. The molecule has 4 aromatic rings. The maximum atomic E-state index is 12.7. The number of benzene rings is 3. The first-order valence-corrected chi connectivity index (χ1v) is 13.2. The Morgan fingerprint density at radius 1 is 1.11 bits per heavy atom. The minimum Gasteiger partial charge on any atom is -0.343 e.